The second-order valence-corrected chi connectivity index (χ2v) is 14.3. The quantitative estimate of drug-likeness (QED) is 0.186. The number of anilines is 1. The summed E-state index contributed by atoms with van der Waals surface area (Å²) in [7, 11) is 0. The van der Waals surface area contributed by atoms with Crippen LogP contribution < -0.4 is 5.32 Å². The third kappa shape index (κ3) is 5.32. The SMILES string of the molecule is C1=Cc2c(c3ccc(-c4ccc5c6ccccc6n(-c6ccccc6)c5c4)cc3n2-c2ccc(-c3nc(-c4ccccc4)cc(-c4ccccc4)n3)cc2)NC1. The molecule has 5 heteroatoms. The normalized spacial score (nSPS) is 12.3. The van der Waals surface area contributed by atoms with Gasteiger partial charge in [0.2, 0.25) is 0 Å². The molecule has 11 rings (SSSR count). The Morgan fingerprint density at radius 2 is 0.946 bits per heavy atom. The summed E-state index contributed by atoms with van der Waals surface area (Å²) >= 11 is 0. The van der Waals surface area contributed by atoms with Crippen LogP contribution >= 0.6 is 0 Å². The van der Waals surface area contributed by atoms with Gasteiger partial charge in [0.25, 0.3) is 0 Å². The summed E-state index contributed by atoms with van der Waals surface area (Å²) in [6, 6.07) is 64.5. The lowest BCUT2D eigenvalue weighted by Gasteiger charge is -2.14. The van der Waals surface area contributed by atoms with Gasteiger partial charge in [-0.25, -0.2) is 9.97 Å². The topological polar surface area (TPSA) is 47.7 Å². The van der Waals surface area contributed by atoms with E-state index < -0.39 is 0 Å². The van der Waals surface area contributed by atoms with Crippen molar-refractivity contribution in [1.29, 1.82) is 0 Å². The van der Waals surface area contributed by atoms with E-state index >= 15 is 0 Å². The molecule has 0 saturated carbocycles. The molecule has 4 heterocycles. The first-order chi connectivity index (χ1) is 27.8. The second-order valence-electron chi connectivity index (χ2n) is 14.3. The summed E-state index contributed by atoms with van der Waals surface area (Å²) in [6.07, 6.45) is 4.43. The minimum Gasteiger partial charge on any atom is -0.379 e. The Bertz CT molecular complexity index is 3050. The Balaban J connectivity index is 1.04. The lowest BCUT2D eigenvalue weighted by atomic mass is 10.0. The molecule has 0 bridgehead atoms. The zero-order valence-electron chi connectivity index (χ0n) is 30.5. The highest BCUT2D eigenvalue weighted by Crippen LogP contribution is 2.40. The van der Waals surface area contributed by atoms with Crippen LogP contribution in [-0.4, -0.2) is 25.6 Å². The van der Waals surface area contributed by atoms with Crippen molar-refractivity contribution in [2.45, 2.75) is 0 Å². The van der Waals surface area contributed by atoms with Gasteiger partial charge < -0.3 is 14.5 Å². The summed E-state index contributed by atoms with van der Waals surface area (Å²) in [5, 5.41) is 7.37. The molecule has 0 fully saturated rings. The van der Waals surface area contributed by atoms with E-state index in [1.807, 2.05) is 36.4 Å². The summed E-state index contributed by atoms with van der Waals surface area (Å²) in [4.78, 5) is 10.2. The average Bonchev–Trinajstić information content (AvgIpc) is 3.79. The number of para-hydroxylation sites is 2. The Morgan fingerprint density at radius 1 is 0.411 bits per heavy atom. The first-order valence-electron chi connectivity index (χ1n) is 19.1. The highest BCUT2D eigenvalue weighted by molar-refractivity contribution is 6.10. The Labute approximate surface area is 324 Å². The highest BCUT2D eigenvalue weighted by atomic mass is 15.0. The maximum atomic E-state index is 5.08. The molecule has 1 N–H and O–H groups in total. The van der Waals surface area contributed by atoms with Gasteiger partial charge in [-0.3, -0.25) is 0 Å². The van der Waals surface area contributed by atoms with Crippen LogP contribution in [0.25, 0.3) is 95.2 Å². The molecule has 56 heavy (non-hydrogen) atoms. The van der Waals surface area contributed by atoms with E-state index in [1.54, 1.807) is 0 Å². The summed E-state index contributed by atoms with van der Waals surface area (Å²) in [5.41, 5.74) is 15.3. The summed E-state index contributed by atoms with van der Waals surface area (Å²) in [6.45, 7) is 0.798. The van der Waals surface area contributed by atoms with E-state index in [0.717, 1.165) is 62.9 Å². The van der Waals surface area contributed by atoms with Crippen LogP contribution in [0.3, 0.4) is 0 Å². The third-order valence-corrected chi connectivity index (χ3v) is 10.9. The number of aromatic nitrogens is 4. The molecule has 0 radical (unpaired) electrons. The van der Waals surface area contributed by atoms with Crippen LogP contribution in [0.15, 0.2) is 188 Å². The molecule has 5 nitrogen and oxygen atoms in total. The molecule has 10 aromatic rings. The number of nitrogens with zero attached hydrogens (tertiary/aromatic N) is 4. The van der Waals surface area contributed by atoms with E-state index in [9.17, 15) is 0 Å². The lowest BCUT2D eigenvalue weighted by Crippen LogP contribution is -2.05. The summed E-state index contributed by atoms with van der Waals surface area (Å²) < 4.78 is 4.75. The smallest absolute Gasteiger partial charge is 0.160 e. The van der Waals surface area contributed by atoms with Gasteiger partial charge in [0.05, 0.1) is 39.3 Å². The number of rotatable bonds is 6. The molecule has 0 spiro atoms. The lowest BCUT2D eigenvalue weighted by molar-refractivity contribution is 1.09. The predicted molar refractivity (Wildman–Crippen MR) is 232 cm³/mol. The molecule has 1 aliphatic rings. The fourth-order valence-corrected chi connectivity index (χ4v) is 8.30. The number of hydrogen-bond donors (Lipinski definition) is 1. The zero-order chi connectivity index (χ0) is 37.0. The standard InChI is InChI=1S/C51H35N5/c1-4-13-34(14-5-1)44-33-45(35-15-6-2-7-16-35)54-51(53-44)36-22-26-40(27-23-36)56-47-21-12-30-52-50(47)43-29-25-38(32-49(43)56)37-24-28-42-41-19-10-11-20-46(41)55(48(42)31-37)39-17-8-3-9-18-39/h1-29,31-33,52H,30H2. The Kier molecular flexibility index (Phi) is 7.49. The minimum atomic E-state index is 0.698. The van der Waals surface area contributed by atoms with E-state index in [1.165, 1.54) is 38.3 Å². The van der Waals surface area contributed by atoms with Crippen molar-refractivity contribution in [3.63, 3.8) is 0 Å². The van der Waals surface area contributed by atoms with Crippen molar-refractivity contribution in [3.8, 4) is 56.4 Å². The van der Waals surface area contributed by atoms with Crippen LogP contribution in [0.2, 0.25) is 0 Å². The molecule has 0 amide bonds. The van der Waals surface area contributed by atoms with Crippen LogP contribution in [0, 0.1) is 0 Å². The van der Waals surface area contributed by atoms with Gasteiger partial charge in [-0.2, -0.15) is 0 Å². The van der Waals surface area contributed by atoms with Gasteiger partial charge in [-0.05, 0) is 77.9 Å². The van der Waals surface area contributed by atoms with Crippen molar-refractivity contribution in [3.05, 3.63) is 194 Å². The van der Waals surface area contributed by atoms with Crippen LogP contribution in [0.5, 0.6) is 0 Å². The van der Waals surface area contributed by atoms with Gasteiger partial charge in [0.15, 0.2) is 5.82 Å². The van der Waals surface area contributed by atoms with Crippen molar-refractivity contribution < 1.29 is 0 Å². The van der Waals surface area contributed by atoms with Crippen LogP contribution in [-0.2, 0) is 0 Å². The third-order valence-electron chi connectivity index (χ3n) is 10.9. The van der Waals surface area contributed by atoms with E-state index in [4.69, 9.17) is 9.97 Å². The van der Waals surface area contributed by atoms with Crippen molar-refractivity contribution in [1.82, 2.24) is 19.1 Å². The number of hydrogen-bond acceptors (Lipinski definition) is 3. The fourth-order valence-electron chi connectivity index (χ4n) is 8.30. The largest absolute Gasteiger partial charge is 0.379 e. The average molecular weight is 718 g/mol. The van der Waals surface area contributed by atoms with Crippen molar-refractivity contribution >= 4 is 44.5 Å². The Hall–Kier alpha value is -7.50. The first kappa shape index (κ1) is 32.0. The Morgan fingerprint density at radius 3 is 1.62 bits per heavy atom. The molecular formula is C51H35N5. The molecule has 0 unspecified atom stereocenters. The van der Waals surface area contributed by atoms with Gasteiger partial charge >= 0.3 is 0 Å². The maximum absolute atomic E-state index is 5.08. The van der Waals surface area contributed by atoms with Gasteiger partial charge in [0, 0.05) is 50.8 Å². The van der Waals surface area contributed by atoms with E-state index in [-0.39, 0.29) is 0 Å². The minimum absolute atomic E-state index is 0.698. The zero-order valence-corrected chi connectivity index (χ0v) is 30.5. The molecule has 0 atom stereocenters. The predicted octanol–water partition coefficient (Wildman–Crippen LogP) is 12.6. The number of fused-ring (bicyclic) bond motifs is 6. The molecular weight excluding hydrogens is 683 g/mol. The molecule has 3 aromatic heterocycles. The monoisotopic (exact) mass is 717 g/mol. The van der Waals surface area contributed by atoms with Crippen molar-refractivity contribution in [2.75, 3.05) is 11.9 Å². The molecule has 0 aliphatic carbocycles. The summed E-state index contributed by atoms with van der Waals surface area (Å²) in [5.74, 6) is 0.698. The number of nitrogens with one attached hydrogen (secondary N) is 1. The van der Waals surface area contributed by atoms with E-state index in [2.05, 4.69) is 172 Å². The molecule has 7 aromatic carbocycles. The molecule has 1 aliphatic heterocycles. The van der Waals surface area contributed by atoms with Crippen LogP contribution in [0.1, 0.15) is 5.69 Å². The maximum Gasteiger partial charge on any atom is 0.160 e. The van der Waals surface area contributed by atoms with E-state index in [0.29, 0.717) is 5.82 Å². The van der Waals surface area contributed by atoms with Gasteiger partial charge in [-0.1, -0.05) is 127 Å². The highest BCUT2D eigenvalue weighted by Gasteiger charge is 2.20. The molecule has 0 saturated heterocycles. The van der Waals surface area contributed by atoms with Gasteiger partial charge in [-0.15, -0.1) is 0 Å². The van der Waals surface area contributed by atoms with Gasteiger partial charge in [0.1, 0.15) is 0 Å². The fraction of sp³-hybridized carbons (Fsp3) is 0.0196. The number of benzene rings is 7. The molecule has 264 valence electrons. The second kappa shape index (κ2) is 13.1. The first-order valence-corrected chi connectivity index (χ1v) is 19.1. The van der Waals surface area contributed by atoms with Crippen molar-refractivity contribution in [2.24, 2.45) is 0 Å². The van der Waals surface area contributed by atoms with Crippen LogP contribution in [0.4, 0.5) is 5.69 Å².